The lowest BCUT2D eigenvalue weighted by Gasteiger charge is -2.19. The van der Waals surface area contributed by atoms with Gasteiger partial charge in [0.1, 0.15) is 12.7 Å². The van der Waals surface area contributed by atoms with Crippen molar-refractivity contribution in [3.63, 3.8) is 0 Å². The van der Waals surface area contributed by atoms with Gasteiger partial charge in [0.05, 0.1) is 6.10 Å². The quantitative estimate of drug-likeness (QED) is 0.384. The highest BCUT2D eigenvalue weighted by molar-refractivity contribution is 7.99. The van der Waals surface area contributed by atoms with Crippen molar-refractivity contribution >= 4 is 17.9 Å². The number of hydrogen-bond donors (Lipinski definition) is 3. The zero-order chi connectivity index (χ0) is 23.2. The second kappa shape index (κ2) is 10.9. The Morgan fingerprint density at radius 1 is 1.00 bits per heavy atom. The second-order valence-electron chi connectivity index (χ2n) is 8.06. The molecule has 0 saturated heterocycles. The van der Waals surface area contributed by atoms with Crippen molar-refractivity contribution in [2.75, 3.05) is 18.9 Å². The zero-order valence-corrected chi connectivity index (χ0v) is 19.4. The van der Waals surface area contributed by atoms with Gasteiger partial charge in [-0.15, -0.1) is 11.8 Å². The van der Waals surface area contributed by atoms with Crippen LogP contribution in [-0.2, 0) is 4.74 Å². The Labute approximate surface area is 198 Å². The van der Waals surface area contributed by atoms with Gasteiger partial charge in [-0.25, -0.2) is 4.79 Å². The minimum absolute atomic E-state index is 0.00355. The van der Waals surface area contributed by atoms with E-state index in [0.717, 1.165) is 21.8 Å². The van der Waals surface area contributed by atoms with Crippen molar-refractivity contribution in [1.29, 1.82) is 0 Å². The summed E-state index contributed by atoms with van der Waals surface area (Å²) in [5, 5.41) is 23.5. The average molecular weight is 464 g/mol. The Bertz CT molecular complexity index is 1060. The largest absolute Gasteiger partial charge is 0.449 e. The number of nitrogens with one attached hydrogen (secondary N) is 1. The van der Waals surface area contributed by atoms with E-state index in [0.29, 0.717) is 5.56 Å². The summed E-state index contributed by atoms with van der Waals surface area (Å²) < 4.78 is 5.51. The third kappa shape index (κ3) is 5.41. The molecule has 2 unspecified atom stereocenters. The van der Waals surface area contributed by atoms with Gasteiger partial charge in [-0.3, -0.25) is 0 Å². The maximum atomic E-state index is 12.3. The first-order chi connectivity index (χ1) is 16.1. The normalized spacial score (nSPS) is 14.3. The molecule has 4 rings (SSSR count). The molecule has 3 aromatic carbocycles. The number of thioether (sulfide) groups is 1. The molecule has 0 aromatic heterocycles. The van der Waals surface area contributed by atoms with Gasteiger partial charge in [0.2, 0.25) is 0 Å². The highest BCUT2D eigenvalue weighted by atomic mass is 32.2. The fourth-order valence-electron chi connectivity index (χ4n) is 4.31. The Morgan fingerprint density at radius 2 is 1.67 bits per heavy atom. The fraction of sp³-hybridized carbons (Fsp3) is 0.296. The number of fused-ring (bicyclic) bond motifs is 3. The third-order valence-electron chi connectivity index (χ3n) is 5.93. The number of aliphatic hydroxyl groups is 2. The van der Waals surface area contributed by atoms with Crippen LogP contribution in [0, 0.1) is 0 Å². The highest BCUT2D eigenvalue weighted by Gasteiger charge is 2.29. The molecule has 0 saturated carbocycles. The lowest BCUT2D eigenvalue weighted by Crippen LogP contribution is -2.30. The SMILES string of the molecule is CCSc1cccc(C(O)C(O)CCNC(=O)OCC2c3ccccc3-c3ccccc32)c1. The van der Waals surface area contributed by atoms with Crippen LogP contribution in [0.2, 0.25) is 0 Å². The van der Waals surface area contributed by atoms with Gasteiger partial charge >= 0.3 is 6.09 Å². The van der Waals surface area contributed by atoms with Gasteiger partial charge in [0.15, 0.2) is 0 Å². The first-order valence-electron chi connectivity index (χ1n) is 11.3. The first kappa shape index (κ1) is 23.4. The minimum atomic E-state index is -1.01. The number of benzene rings is 3. The summed E-state index contributed by atoms with van der Waals surface area (Å²) in [6, 6.07) is 23.9. The summed E-state index contributed by atoms with van der Waals surface area (Å²) in [7, 11) is 0. The molecule has 0 heterocycles. The van der Waals surface area contributed by atoms with Crippen molar-refractivity contribution in [3.05, 3.63) is 89.5 Å². The molecule has 0 aliphatic heterocycles. The Hall–Kier alpha value is -2.80. The topological polar surface area (TPSA) is 78.8 Å². The molecule has 6 heteroatoms. The van der Waals surface area contributed by atoms with Gasteiger partial charge in [-0.2, -0.15) is 0 Å². The molecule has 0 spiro atoms. The lowest BCUT2D eigenvalue weighted by atomic mass is 9.98. The average Bonchev–Trinajstić information content (AvgIpc) is 3.16. The van der Waals surface area contributed by atoms with Gasteiger partial charge in [-0.05, 0) is 52.1 Å². The minimum Gasteiger partial charge on any atom is -0.449 e. The van der Waals surface area contributed by atoms with Crippen LogP contribution in [0.3, 0.4) is 0 Å². The number of alkyl carbamates (subject to hydrolysis) is 1. The number of hydrogen-bond acceptors (Lipinski definition) is 5. The second-order valence-corrected chi connectivity index (χ2v) is 9.40. The number of rotatable bonds is 9. The molecule has 2 atom stereocenters. The molecule has 33 heavy (non-hydrogen) atoms. The number of aliphatic hydroxyl groups excluding tert-OH is 2. The molecule has 3 aromatic rings. The smallest absolute Gasteiger partial charge is 0.407 e. The van der Waals surface area contributed by atoms with E-state index in [4.69, 9.17) is 4.74 Å². The molecule has 0 fully saturated rings. The Morgan fingerprint density at radius 3 is 2.33 bits per heavy atom. The maximum absolute atomic E-state index is 12.3. The Balaban J connectivity index is 1.27. The number of carbonyl (C=O) groups excluding carboxylic acids is 1. The summed E-state index contributed by atoms with van der Waals surface area (Å²) in [5.41, 5.74) is 5.35. The fourth-order valence-corrected chi connectivity index (χ4v) is 5.03. The predicted molar refractivity (Wildman–Crippen MR) is 131 cm³/mol. The van der Waals surface area contributed by atoms with E-state index in [1.807, 2.05) is 42.5 Å². The van der Waals surface area contributed by atoms with E-state index >= 15 is 0 Å². The van der Waals surface area contributed by atoms with Crippen LogP contribution in [0.15, 0.2) is 77.7 Å². The molecule has 172 valence electrons. The lowest BCUT2D eigenvalue weighted by molar-refractivity contribution is 0.0135. The van der Waals surface area contributed by atoms with E-state index in [1.165, 1.54) is 11.1 Å². The molecule has 1 amide bonds. The van der Waals surface area contributed by atoms with Crippen LogP contribution in [0.5, 0.6) is 0 Å². The van der Waals surface area contributed by atoms with E-state index in [-0.39, 0.29) is 25.5 Å². The first-order valence-corrected chi connectivity index (χ1v) is 12.2. The van der Waals surface area contributed by atoms with Crippen LogP contribution in [-0.4, -0.2) is 41.3 Å². The Kier molecular flexibility index (Phi) is 7.70. The van der Waals surface area contributed by atoms with Crippen molar-refractivity contribution < 1.29 is 19.7 Å². The van der Waals surface area contributed by atoms with Gasteiger partial charge < -0.3 is 20.3 Å². The molecule has 1 aliphatic carbocycles. The number of ether oxygens (including phenoxy) is 1. The van der Waals surface area contributed by atoms with Gasteiger partial charge in [0.25, 0.3) is 0 Å². The summed E-state index contributed by atoms with van der Waals surface area (Å²) in [6.45, 7) is 2.52. The van der Waals surface area contributed by atoms with E-state index < -0.39 is 18.3 Å². The number of amides is 1. The number of carbonyl (C=O) groups is 1. The van der Waals surface area contributed by atoms with Crippen LogP contribution in [0.1, 0.15) is 42.1 Å². The monoisotopic (exact) mass is 463 g/mol. The third-order valence-corrected chi connectivity index (χ3v) is 6.80. The zero-order valence-electron chi connectivity index (χ0n) is 18.6. The predicted octanol–water partition coefficient (Wildman–Crippen LogP) is 5.12. The summed E-state index contributed by atoms with van der Waals surface area (Å²) in [4.78, 5) is 13.3. The van der Waals surface area contributed by atoms with Gasteiger partial charge in [-0.1, -0.05) is 67.6 Å². The van der Waals surface area contributed by atoms with Crippen molar-refractivity contribution in [1.82, 2.24) is 5.32 Å². The molecule has 5 nitrogen and oxygen atoms in total. The summed E-state index contributed by atoms with van der Waals surface area (Å²) >= 11 is 1.68. The standard InChI is InChI=1S/C27H29NO4S/c1-2-33-19-9-7-8-18(16-19)26(30)25(29)14-15-28-27(31)32-17-24-22-12-5-3-10-20(22)21-11-4-6-13-23(21)24/h3-13,16,24-26,29-30H,2,14-15,17H2,1H3,(H,28,31). The van der Waals surface area contributed by atoms with Crippen LogP contribution >= 0.6 is 11.8 Å². The maximum Gasteiger partial charge on any atom is 0.407 e. The van der Waals surface area contributed by atoms with E-state index in [1.54, 1.807) is 17.8 Å². The van der Waals surface area contributed by atoms with E-state index in [9.17, 15) is 15.0 Å². The summed E-state index contributed by atoms with van der Waals surface area (Å²) in [6.07, 6.45) is -2.30. The van der Waals surface area contributed by atoms with Crippen molar-refractivity contribution in [3.8, 4) is 11.1 Å². The van der Waals surface area contributed by atoms with Crippen molar-refractivity contribution in [2.24, 2.45) is 0 Å². The molecule has 3 N–H and O–H groups in total. The van der Waals surface area contributed by atoms with E-state index in [2.05, 4.69) is 36.5 Å². The van der Waals surface area contributed by atoms with Crippen LogP contribution in [0.25, 0.3) is 11.1 Å². The van der Waals surface area contributed by atoms with Crippen LogP contribution < -0.4 is 5.32 Å². The molecule has 1 aliphatic rings. The van der Waals surface area contributed by atoms with Gasteiger partial charge in [0, 0.05) is 17.4 Å². The van der Waals surface area contributed by atoms with Crippen LogP contribution in [0.4, 0.5) is 4.79 Å². The highest BCUT2D eigenvalue weighted by Crippen LogP contribution is 2.44. The molecular formula is C27H29NO4S. The molecule has 0 radical (unpaired) electrons. The molecular weight excluding hydrogens is 434 g/mol. The van der Waals surface area contributed by atoms with Crippen molar-refractivity contribution in [2.45, 2.75) is 36.4 Å². The molecule has 0 bridgehead atoms. The summed E-state index contributed by atoms with van der Waals surface area (Å²) in [5.74, 6) is 0.940.